The van der Waals surface area contributed by atoms with Crippen molar-refractivity contribution in [2.75, 3.05) is 23.9 Å². The van der Waals surface area contributed by atoms with Crippen molar-refractivity contribution in [3.8, 4) is 5.75 Å². The van der Waals surface area contributed by atoms with Gasteiger partial charge in [0, 0.05) is 16.3 Å². The van der Waals surface area contributed by atoms with Gasteiger partial charge in [0.1, 0.15) is 5.75 Å². The van der Waals surface area contributed by atoms with Gasteiger partial charge in [0.2, 0.25) is 5.91 Å². The minimum Gasteiger partial charge on any atom is -0.496 e. The molecule has 0 aromatic heterocycles. The van der Waals surface area contributed by atoms with Crippen molar-refractivity contribution in [1.29, 1.82) is 0 Å². The van der Waals surface area contributed by atoms with Gasteiger partial charge in [-0.3, -0.25) is 4.79 Å². The van der Waals surface area contributed by atoms with Crippen molar-refractivity contribution >= 4 is 34.6 Å². The van der Waals surface area contributed by atoms with E-state index in [1.807, 2.05) is 0 Å². The van der Waals surface area contributed by atoms with E-state index >= 15 is 0 Å². The SMILES string of the molecule is COc1ccc(Cl)cc1CC(=O)Nc1ccc(N)c(N)c1. The number of methoxy groups -OCH3 is 1. The molecule has 2 aromatic carbocycles. The van der Waals surface area contributed by atoms with Gasteiger partial charge in [0.15, 0.2) is 0 Å². The normalized spacial score (nSPS) is 10.2. The summed E-state index contributed by atoms with van der Waals surface area (Å²) in [6.07, 6.45) is 0.147. The maximum Gasteiger partial charge on any atom is 0.228 e. The standard InChI is InChI=1S/C15H16ClN3O2/c1-21-14-5-2-10(16)6-9(14)7-15(20)19-11-3-4-12(17)13(18)8-11/h2-6,8H,7,17-18H2,1H3,(H,19,20). The minimum atomic E-state index is -0.195. The third-order valence-electron chi connectivity index (χ3n) is 2.96. The van der Waals surface area contributed by atoms with Crippen LogP contribution < -0.4 is 21.5 Å². The molecule has 0 bridgehead atoms. The van der Waals surface area contributed by atoms with Gasteiger partial charge in [-0.05, 0) is 36.4 Å². The molecule has 0 radical (unpaired) electrons. The van der Waals surface area contributed by atoms with Gasteiger partial charge in [-0.1, -0.05) is 11.6 Å². The summed E-state index contributed by atoms with van der Waals surface area (Å²) in [5, 5.41) is 3.31. The maximum absolute atomic E-state index is 12.1. The fraction of sp³-hybridized carbons (Fsp3) is 0.133. The quantitative estimate of drug-likeness (QED) is 0.757. The Balaban J connectivity index is 2.11. The van der Waals surface area contributed by atoms with E-state index in [0.717, 1.165) is 0 Å². The molecule has 1 amide bonds. The molecule has 5 nitrogen and oxygen atoms in total. The Morgan fingerprint density at radius 2 is 1.95 bits per heavy atom. The number of carbonyl (C=O) groups is 1. The lowest BCUT2D eigenvalue weighted by Gasteiger charge is -2.10. The second kappa shape index (κ2) is 6.37. The Morgan fingerprint density at radius 1 is 1.19 bits per heavy atom. The lowest BCUT2D eigenvalue weighted by molar-refractivity contribution is -0.115. The highest BCUT2D eigenvalue weighted by Crippen LogP contribution is 2.24. The zero-order chi connectivity index (χ0) is 15.4. The van der Waals surface area contributed by atoms with Crippen molar-refractivity contribution in [2.45, 2.75) is 6.42 Å². The molecule has 6 heteroatoms. The topological polar surface area (TPSA) is 90.4 Å². The molecule has 2 aromatic rings. The van der Waals surface area contributed by atoms with Crippen molar-refractivity contribution in [3.05, 3.63) is 47.0 Å². The molecule has 0 aliphatic heterocycles. The molecule has 0 atom stereocenters. The van der Waals surface area contributed by atoms with E-state index in [1.165, 1.54) is 0 Å². The smallest absolute Gasteiger partial charge is 0.228 e. The molecule has 0 spiro atoms. The van der Waals surface area contributed by atoms with Gasteiger partial charge in [0.25, 0.3) is 0 Å². The number of hydrogen-bond donors (Lipinski definition) is 3. The van der Waals surface area contributed by atoms with Crippen LogP contribution in [-0.2, 0) is 11.2 Å². The van der Waals surface area contributed by atoms with Crippen LogP contribution in [0.15, 0.2) is 36.4 Å². The Bertz CT molecular complexity index is 674. The van der Waals surface area contributed by atoms with E-state index in [4.69, 9.17) is 27.8 Å². The number of nitrogens with two attached hydrogens (primary N) is 2. The van der Waals surface area contributed by atoms with E-state index in [0.29, 0.717) is 33.4 Å². The van der Waals surface area contributed by atoms with Crippen LogP contribution in [0, 0.1) is 0 Å². The lowest BCUT2D eigenvalue weighted by Crippen LogP contribution is -2.15. The third-order valence-corrected chi connectivity index (χ3v) is 3.20. The monoisotopic (exact) mass is 305 g/mol. The van der Waals surface area contributed by atoms with Gasteiger partial charge >= 0.3 is 0 Å². The Kier molecular flexibility index (Phi) is 4.55. The summed E-state index contributed by atoms with van der Waals surface area (Å²) in [5.74, 6) is 0.422. The first kappa shape index (κ1) is 15.0. The van der Waals surface area contributed by atoms with E-state index < -0.39 is 0 Å². The summed E-state index contributed by atoms with van der Waals surface area (Å²) >= 11 is 5.94. The zero-order valence-corrected chi connectivity index (χ0v) is 12.3. The zero-order valence-electron chi connectivity index (χ0n) is 11.5. The molecule has 0 saturated heterocycles. The summed E-state index contributed by atoms with van der Waals surface area (Å²) in [5.41, 5.74) is 13.5. The molecule has 0 saturated carbocycles. The van der Waals surface area contributed by atoms with Gasteiger partial charge in [-0.2, -0.15) is 0 Å². The largest absolute Gasteiger partial charge is 0.496 e. The number of ether oxygens (including phenoxy) is 1. The number of halogens is 1. The number of hydrogen-bond acceptors (Lipinski definition) is 4. The van der Waals surface area contributed by atoms with Crippen molar-refractivity contribution in [3.63, 3.8) is 0 Å². The molecule has 0 aliphatic rings. The number of amides is 1. The van der Waals surface area contributed by atoms with Crippen LogP contribution in [0.3, 0.4) is 0 Å². The number of benzene rings is 2. The maximum atomic E-state index is 12.1. The van der Waals surface area contributed by atoms with Gasteiger partial charge in [-0.25, -0.2) is 0 Å². The Hall–Kier alpha value is -2.40. The van der Waals surface area contributed by atoms with Crippen LogP contribution in [0.2, 0.25) is 5.02 Å². The molecule has 0 aliphatic carbocycles. The van der Waals surface area contributed by atoms with Crippen molar-refractivity contribution in [1.82, 2.24) is 0 Å². The second-order valence-electron chi connectivity index (χ2n) is 4.52. The van der Waals surface area contributed by atoms with E-state index in [-0.39, 0.29) is 12.3 Å². The first-order valence-corrected chi connectivity index (χ1v) is 6.64. The Morgan fingerprint density at radius 3 is 2.62 bits per heavy atom. The summed E-state index contributed by atoms with van der Waals surface area (Å²) < 4.78 is 5.21. The van der Waals surface area contributed by atoms with Crippen LogP contribution in [0.1, 0.15) is 5.56 Å². The number of anilines is 3. The summed E-state index contributed by atoms with van der Waals surface area (Å²) in [6.45, 7) is 0. The van der Waals surface area contributed by atoms with E-state index in [9.17, 15) is 4.79 Å². The fourth-order valence-electron chi connectivity index (χ4n) is 1.92. The van der Waals surface area contributed by atoms with Crippen molar-refractivity contribution < 1.29 is 9.53 Å². The van der Waals surface area contributed by atoms with Crippen LogP contribution in [0.5, 0.6) is 5.75 Å². The molecular formula is C15H16ClN3O2. The number of carbonyl (C=O) groups excluding carboxylic acids is 1. The molecule has 2 rings (SSSR count). The molecule has 21 heavy (non-hydrogen) atoms. The Labute approximate surface area is 127 Å². The predicted octanol–water partition coefficient (Wildman–Crippen LogP) is 2.69. The second-order valence-corrected chi connectivity index (χ2v) is 4.96. The highest BCUT2D eigenvalue weighted by atomic mass is 35.5. The van der Waals surface area contributed by atoms with Crippen molar-refractivity contribution in [2.24, 2.45) is 0 Å². The molecule has 0 unspecified atom stereocenters. The first-order valence-electron chi connectivity index (χ1n) is 6.27. The average Bonchev–Trinajstić information content (AvgIpc) is 2.43. The molecule has 0 fully saturated rings. The third kappa shape index (κ3) is 3.79. The van der Waals surface area contributed by atoms with Crippen LogP contribution in [0.25, 0.3) is 0 Å². The van der Waals surface area contributed by atoms with Gasteiger partial charge in [0.05, 0.1) is 24.9 Å². The summed E-state index contributed by atoms with van der Waals surface area (Å²) in [4.78, 5) is 12.1. The lowest BCUT2D eigenvalue weighted by atomic mass is 10.1. The predicted molar refractivity (Wildman–Crippen MR) is 85.6 cm³/mol. The van der Waals surface area contributed by atoms with E-state index in [1.54, 1.807) is 43.5 Å². The van der Waals surface area contributed by atoms with Crippen LogP contribution >= 0.6 is 11.6 Å². The fourth-order valence-corrected chi connectivity index (χ4v) is 2.11. The molecule has 0 heterocycles. The van der Waals surface area contributed by atoms with Crippen LogP contribution in [-0.4, -0.2) is 13.0 Å². The van der Waals surface area contributed by atoms with Crippen LogP contribution in [0.4, 0.5) is 17.1 Å². The first-order chi connectivity index (χ1) is 9.99. The summed E-state index contributed by atoms with van der Waals surface area (Å²) in [7, 11) is 1.55. The number of nitrogen functional groups attached to an aromatic ring is 2. The van der Waals surface area contributed by atoms with Gasteiger partial charge in [-0.15, -0.1) is 0 Å². The van der Waals surface area contributed by atoms with Gasteiger partial charge < -0.3 is 21.5 Å². The average molecular weight is 306 g/mol. The van der Waals surface area contributed by atoms with E-state index in [2.05, 4.69) is 5.32 Å². The molecule has 110 valence electrons. The molecule has 5 N–H and O–H groups in total. The summed E-state index contributed by atoms with van der Waals surface area (Å²) in [6, 6.07) is 10.1. The highest BCUT2D eigenvalue weighted by Gasteiger charge is 2.10. The number of nitrogens with one attached hydrogen (secondary N) is 1. The number of rotatable bonds is 4. The minimum absolute atomic E-state index is 0.147. The molecular weight excluding hydrogens is 290 g/mol. The highest BCUT2D eigenvalue weighted by molar-refractivity contribution is 6.30.